The molecule has 21 heavy (non-hydrogen) atoms. The Bertz CT molecular complexity index is 416. The minimum atomic E-state index is 0.122. The maximum Gasteiger partial charge on any atom is 0.133 e. The van der Waals surface area contributed by atoms with Crippen LogP contribution in [0.4, 0.5) is 0 Å². The molecule has 1 aromatic rings. The van der Waals surface area contributed by atoms with Gasteiger partial charge in [0.15, 0.2) is 0 Å². The van der Waals surface area contributed by atoms with Gasteiger partial charge in [0.1, 0.15) is 12.4 Å². The van der Waals surface area contributed by atoms with E-state index in [1.54, 1.807) is 0 Å². The Labute approximate surface area is 137 Å². The molecule has 0 aliphatic carbocycles. The molecule has 0 radical (unpaired) electrons. The van der Waals surface area contributed by atoms with Crippen LogP contribution in [0.15, 0.2) is 22.7 Å². The smallest absolute Gasteiger partial charge is 0.133 e. The van der Waals surface area contributed by atoms with E-state index in [2.05, 4.69) is 61.1 Å². The van der Waals surface area contributed by atoms with Crippen LogP contribution < -0.4 is 10.1 Å². The predicted molar refractivity (Wildman–Crippen MR) is 92.0 cm³/mol. The van der Waals surface area contributed by atoms with Gasteiger partial charge in [-0.3, -0.25) is 0 Å². The lowest BCUT2D eigenvalue weighted by molar-refractivity contribution is 0.0978. The van der Waals surface area contributed by atoms with Crippen LogP contribution in [-0.4, -0.2) is 25.4 Å². The number of benzene rings is 1. The van der Waals surface area contributed by atoms with Crippen LogP contribution >= 0.6 is 15.9 Å². The first-order chi connectivity index (χ1) is 9.92. The van der Waals surface area contributed by atoms with Crippen molar-refractivity contribution in [1.82, 2.24) is 5.32 Å². The second-order valence-corrected chi connectivity index (χ2v) is 7.04. The molecule has 0 heterocycles. The van der Waals surface area contributed by atoms with E-state index >= 15 is 0 Å². The lowest BCUT2D eigenvalue weighted by Crippen LogP contribution is -2.35. The molecule has 0 amide bonds. The summed E-state index contributed by atoms with van der Waals surface area (Å²) in [5.74, 6) is 0.869. The van der Waals surface area contributed by atoms with Crippen LogP contribution in [0.25, 0.3) is 0 Å². The number of hydrogen-bond acceptors (Lipinski definition) is 3. The van der Waals surface area contributed by atoms with Gasteiger partial charge in [-0.25, -0.2) is 0 Å². The summed E-state index contributed by atoms with van der Waals surface area (Å²) in [6.07, 6.45) is 2.27. The van der Waals surface area contributed by atoms with Crippen molar-refractivity contribution >= 4 is 15.9 Å². The summed E-state index contributed by atoms with van der Waals surface area (Å²) in [5, 5.41) is 3.48. The minimum absolute atomic E-state index is 0.122. The van der Waals surface area contributed by atoms with E-state index in [1.165, 1.54) is 5.56 Å². The van der Waals surface area contributed by atoms with Crippen molar-refractivity contribution < 1.29 is 9.47 Å². The minimum Gasteiger partial charge on any atom is -0.490 e. The highest BCUT2D eigenvalue weighted by Gasteiger charge is 2.09. The summed E-state index contributed by atoms with van der Waals surface area (Å²) in [4.78, 5) is 0. The lowest BCUT2D eigenvalue weighted by atomic mass is 10.1. The Hall–Kier alpha value is -0.580. The number of halogens is 1. The predicted octanol–water partition coefficient (Wildman–Crippen LogP) is 4.53. The van der Waals surface area contributed by atoms with Crippen molar-refractivity contribution in [3.8, 4) is 5.75 Å². The Kier molecular flexibility index (Phi) is 8.30. The van der Waals surface area contributed by atoms with Gasteiger partial charge in [-0.05, 0) is 60.8 Å². The zero-order valence-electron chi connectivity index (χ0n) is 13.7. The molecule has 0 spiro atoms. The Morgan fingerprint density at radius 3 is 2.52 bits per heavy atom. The van der Waals surface area contributed by atoms with E-state index in [4.69, 9.17) is 9.47 Å². The molecular formula is C17H28BrNO2. The number of ether oxygens (including phenoxy) is 2. The van der Waals surface area contributed by atoms with Crippen LogP contribution in [0, 0.1) is 0 Å². The second kappa shape index (κ2) is 9.44. The van der Waals surface area contributed by atoms with E-state index in [0.717, 1.165) is 36.2 Å². The highest BCUT2D eigenvalue weighted by atomic mass is 79.9. The van der Waals surface area contributed by atoms with Crippen LogP contribution in [0.5, 0.6) is 5.75 Å². The first-order valence-electron chi connectivity index (χ1n) is 7.66. The molecule has 0 unspecified atom stereocenters. The molecule has 3 nitrogen and oxygen atoms in total. The molecule has 1 rings (SSSR count). The van der Waals surface area contributed by atoms with E-state index in [9.17, 15) is 0 Å². The quantitative estimate of drug-likeness (QED) is 0.658. The molecule has 0 saturated heterocycles. The normalized spacial score (nSPS) is 11.7. The average molecular weight is 358 g/mol. The van der Waals surface area contributed by atoms with Crippen LogP contribution in [0.3, 0.4) is 0 Å². The highest BCUT2D eigenvalue weighted by Crippen LogP contribution is 2.26. The maximum atomic E-state index is 5.73. The number of unbranched alkanes of at least 4 members (excludes halogenated alkanes) is 1. The molecule has 120 valence electrons. The van der Waals surface area contributed by atoms with Crippen LogP contribution in [0.2, 0.25) is 0 Å². The lowest BCUT2D eigenvalue weighted by Gasteiger charge is -2.20. The fourth-order valence-electron chi connectivity index (χ4n) is 1.70. The van der Waals surface area contributed by atoms with Gasteiger partial charge in [-0.1, -0.05) is 19.4 Å². The summed E-state index contributed by atoms with van der Waals surface area (Å²) < 4.78 is 12.2. The van der Waals surface area contributed by atoms with Crippen molar-refractivity contribution in [2.75, 3.05) is 19.8 Å². The van der Waals surface area contributed by atoms with E-state index in [1.807, 2.05) is 6.07 Å². The summed E-state index contributed by atoms with van der Waals surface area (Å²) in [6.45, 7) is 11.5. The SMILES string of the molecule is CCCCOCCOc1ccc(CNC(C)(C)C)cc1Br. The third-order valence-electron chi connectivity index (χ3n) is 2.95. The van der Waals surface area contributed by atoms with Gasteiger partial charge < -0.3 is 14.8 Å². The highest BCUT2D eigenvalue weighted by molar-refractivity contribution is 9.10. The maximum absolute atomic E-state index is 5.73. The standard InChI is InChI=1S/C17H28BrNO2/c1-5-6-9-20-10-11-21-16-8-7-14(12-15(16)18)13-19-17(2,3)4/h7-8,12,19H,5-6,9-11,13H2,1-4H3. The Balaban J connectivity index is 2.36. The molecule has 0 fully saturated rings. The monoisotopic (exact) mass is 357 g/mol. The molecule has 4 heteroatoms. The Morgan fingerprint density at radius 1 is 1.14 bits per heavy atom. The van der Waals surface area contributed by atoms with Crippen LogP contribution in [0.1, 0.15) is 46.1 Å². The largest absolute Gasteiger partial charge is 0.490 e. The van der Waals surface area contributed by atoms with Gasteiger partial charge in [0.25, 0.3) is 0 Å². The molecule has 0 saturated carbocycles. The number of rotatable bonds is 9. The first kappa shape index (κ1) is 18.5. The molecule has 0 atom stereocenters. The van der Waals surface area contributed by atoms with Gasteiger partial charge >= 0.3 is 0 Å². The van der Waals surface area contributed by atoms with Gasteiger partial charge in [0, 0.05) is 18.7 Å². The molecule has 0 aliphatic heterocycles. The molecule has 0 aromatic heterocycles. The fourth-order valence-corrected chi connectivity index (χ4v) is 2.24. The van der Waals surface area contributed by atoms with E-state index in [-0.39, 0.29) is 5.54 Å². The summed E-state index contributed by atoms with van der Waals surface area (Å²) in [6, 6.07) is 6.21. The van der Waals surface area contributed by atoms with Gasteiger partial charge in [-0.2, -0.15) is 0 Å². The van der Waals surface area contributed by atoms with Crippen molar-refractivity contribution in [2.24, 2.45) is 0 Å². The van der Waals surface area contributed by atoms with Crippen molar-refractivity contribution in [3.05, 3.63) is 28.2 Å². The zero-order valence-corrected chi connectivity index (χ0v) is 15.3. The van der Waals surface area contributed by atoms with Crippen molar-refractivity contribution in [1.29, 1.82) is 0 Å². The first-order valence-corrected chi connectivity index (χ1v) is 8.45. The van der Waals surface area contributed by atoms with Crippen LogP contribution in [-0.2, 0) is 11.3 Å². The molecule has 0 aliphatic rings. The zero-order chi connectivity index (χ0) is 15.7. The second-order valence-electron chi connectivity index (χ2n) is 6.18. The van der Waals surface area contributed by atoms with Gasteiger partial charge in [-0.15, -0.1) is 0 Å². The van der Waals surface area contributed by atoms with E-state index < -0.39 is 0 Å². The topological polar surface area (TPSA) is 30.5 Å². The third kappa shape index (κ3) is 8.44. The molecule has 1 aromatic carbocycles. The average Bonchev–Trinajstić information content (AvgIpc) is 2.41. The Morgan fingerprint density at radius 2 is 1.90 bits per heavy atom. The van der Waals surface area contributed by atoms with E-state index in [0.29, 0.717) is 13.2 Å². The molecule has 1 N–H and O–H groups in total. The number of hydrogen-bond donors (Lipinski definition) is 1. The molecular weight excluding hydrogens is 330 g/mol. The van der Waals surface area contributed by atoms with Gasteiger partial charge in [0.2, 0.25) is 0 Å². The van der Waals surface area contributed by atoms with Crippen molar-refractivity contribution in [3.63, 3.8) is 0 Å². The fraction of sp³-hybridized carbons (Fsp3) is 0.647. The summed E-state index contributed by atoms with van der Waals surface area (Å²) in [5.41, 5.74) is 1.36. The third-order valence-corrected chi connectivity index (χ3v) is 3.57. The molecule has 0 bridgehead atoms. The van der Waals surface area contributed by atoms with Gasteiger partial charge in [0.05, 0.1) is 11.1 Å². The number of nitrogens with one attached hydrogen (secondary N) is 1. The summed E-state index contributed by atoms with van der Waals surface area (Å²) >= 11 is 3.57. The summed E-state index contributed by atoms with van der Waals surface area (Å²) in [7, 11) is 0. The van der Waals surface area contributed by atoms with Crippen molar-refractivity contribution in [2.45, 2.75) is 52.6 Å².